The fraction of sp³-hybridized carbons (Fsp3) is 0.333. The van der Waals surface area contributed by atoms with E-state index >= 15 is 0 Å². The Bertz CT molecular complexity index is 164. The highest BCUT2D eigenvalue weighted by Crippen LogP contribution is 1.81. The number of carbonyl (C=O) groups is 2. The summed E-state index contributed by atoms with van der Waals surface area (Å²) in [7, 11) is 0. The van der Waals surface area contributed by atoms with Crippen LogP contribution in [-0.4, -0.2) is 35.7 Å². The van der Waals surface area contributed by atoms with Crippen molar-refractivity contribution < 1.29 is 29.3 Å². The van der Waals surface area contributed by atoms with Crippen LogP contribution in [0.3, 0.4) is 0 Å². The van der Waals surface area contributed by atoms with Crippen LogP contribution in [0.5, 0.6) is 0 Å². The first-order valence-corrected chi connectivity index (χ1v) is 2.99. The Labute approximate surface area is 68.0 Å². The van der Waals surface area contributed by atoms with Crippen molar-refractivity contribution in [2.75, 3.05) is 13.2 Å². The molecule has 0 aromatic heterocycles. The fourth-order valence-electron chi connectivity index (χ4n) is 0.375. The second-order valence-electron chi connectivity index (χ2n) is 1.63. The zero-order valence-corrected chi connectivity index (χ0v) is 6.10. The van der Waals surface area contributed by atoms with Gasteiger partial charge >= 0.3 is 12.3 Å². The molecule has 6 nitrogen and oxygen atoms in total. The highest BCUT2D eigenvalue weighted by Gasteiger charge is 1.92. The highest BCUT2D eigenvalue weighted by molar-refractivity contribution is 5.57. The van der Waals surface area contributed by atoms with Crippen LogP contribution >= 0.6 is 0 Å². The third-order valence-corrected chi connectivity index (χ3v) is 0.773. The van der Waals surface area contributed by atoms with Crippen molar-refractivity contribution in [3.63, 3.8) is 0 Å². The number of rotatable bonds is 4. The first-order chi connectivity index (χ1) is 5.63. The van der Waals surface area contributed by atoms with Gasteiger partial charge in [-0.2, -0.15) is 0 Å². The van der Waals surface area contributed by atoms with Gasteiger partial charge in [-0.1, -0.05) is 0 Å². The van der Waals surface area contributed by atoms with Gasteiger partial charge in [0.25, 0.3) is 0 Å². The van der Waals surface area contributed by atoms with Crippen LogP contribution in [0, 0.1) is 0 Å². The third kappa shape index (κ3) is 8.28. The Kier molecular flexibility index (Phi) is 5.16. The van der Waals surface area contributed by atoms with Crippen molar-refractivity contribution in [1.29, 1.82) is 0 Å². The van der Waals surface area contributed by atoms with E-state index in [4.69, 9.17) is 10.2 Å². The molecule has 68 valence electrons. The van der Waals surface area contributed by atoms with E-state index < -0.39 is 12.3 Å². The second-order valence-corrected chi connectivity index (χ2v) is 1.63. The molecule has 12 heavy (non-hydrogen) atoms. The predicted octanol–water partition coefficient (Wildman–Crippen LogP) is 0.932. The molecule has 0 bridgehead atoms. The summed E-state index contributed by atoms with van der Waals surface area (Å²) in [5, 5.41) is 16.0. The van der Waals surface area contributed by atoms with Crippen molar-refractivity contribution in [2.45, 2.75) is 0 Å². The van der Waals surface area contributed by atoms with Gasteiger partial charge in [-0.25, -0.2) is 9.59 Å². The van der Waals surface area contributed by atoms with Crippen molar-refractivity contribution in [1.82, 2.24) is 0 Å². The maximum atomic E-state index is 9.76. The van der Waals surface area contributed by atoms with E-state index in [1.165, 1.54) is 12.2 Å². The fourth-order valence-corrected chi connectivity index (χ4v) is 0.375. The minimum Gasteiger partial charge on any atom is -0.450 e. The summed E-state index contributed by atoms with van der Waals surface area (Å²) in [6, 6.07) is 0. The summed E-state index contributed by atoms with van der Waals surface area (Å²) in [6.07, 6.45) is -0.0636. The molecule has 0 heterocycles. The van der Waals surface area contributed by atoms with Crippen LogP contribution in [-0.2, 0) is 9.47 Å². The number of hydrogen-bond donors (Lipinski definition) is 2. The zero-order chi connectivity index (χ0) is 9.40. The van der Waals surface area contributed by atoms with E-state index in [-0.39, 0.29) is 13.2 Å². The lowest BCUT2D eigenvalue weighted by molar-refractivity contribution is 0.0976. The number of ether oxygens (including phenoxy) is 2. The Balaban J connectivity index is 3.26. The molecule has 0 aromatic rings. The smallest absolute Gasteiger partial charge is 0.450 e. The average molecular weight is 176 g/mol. The predicted molar refractivity (Wildman–Crippen MR) is 37.1 cm³/mol. The molecule has 0 spiro atoms. The lowest BCUT2D eigenvalue weighted by Gasteiger charge is -1.94. The van der Waals surface area contributed by atoms with Crippen molar-refractivity contribution in [2.24, 2.45) is 0 Å². The summed E-state index contributed by atoms with van der Waals surface area (Å²) in [5.74, 6) is 0. The Morgan fingerprint density at radius 3 is 1.58 bits per heavy atom. The summed E-state index contributed by atoms with van der Waals surface area (Å²) in [6.45, 7) is -0.226. The molecule has 0 radical (unpaired) electrons. The van der Waals surface area contributed by atoms with Crippen molar-refractivity contribution in [3.8, 4) is 0 Å². The first-order valence-electron chi connectivity index (χ1n) is 2.99. The molecule has 0 aliphatic rings. The molecule has 0 fully saturated rings. The minimum atomic E-state index is -1.38. The lowest BCUT2D eigenvalue weighted by atomic mass is 10.5. The molecule has 0 aliphatic heterocycles. The summed E-state index contributed by atoms with van der Waals surface area (Å²) in [4.78, 5) is 19.5. The molecule has 0 amide bonds. The van der Waals surface area contributed by atoms with Crippen LogP contribution in [0.25, 0.3) is 0 Å². The Morgan fingerprint density at radius 2 is 1.33 bits per heavy atom. The topological polar surface area (TPSA) is 93.1 Å². The monoisotopic (exact) mass is 176 g/mol. The SMILES string of the molecule is O=C(O)OCC=CCOC(=O)O. The van der Waals surface area contributed by atoms with Crippen molar-refractivity contribution >= 4 is 12.3 Å². The summed E-state index contributed by atoms with van der Waals surface area (Å²) in [5.41, 5.74) is 0. The van der Waals surface area contributed by atoms with Crippen molar-refractivity contribution in [3.05, 3.63) is 12.2 Å². The zero-order valence-electron chi connectivity index (χ0n) is 6.10. The second kappa shape index (κ2) is 6.02. The molecular formula is C6H8O6. The molecule has 2 N–H and O–H groups in total. The molecule has 0 aromatic carbocycles. The van der Waals surface area contributed by atoms with E-state index in [0.29, 0.717) is 0 Å². The third-order valence-electron chi connectivity index (χ3n) is 0.773. The molecule has 0 saturated heterocycles. The van der Waals surface area contributed by atoms with Gasteiger partial charge in [0.15, 0.2) is 0 Å². The molecular weight excluding hydrogens is 168 g/mol. The quantitative estimate of drug-likeness (QED) is 0.488. The minimum absolute atomic E-state index is 0.113. The van der Waals surface area contributed by atoms with Gasteiger partial charge in [-0.3, -0.25) is 0 Å². The summed E-state index contributed by atoms with van der Waals surface area (Å²) >= 11 is 0. The molecule has 0 atom stereocenters. The van der Waals surface area contributed by atoms with Gasteiger partial charge in [0.2, 0.25) is 0 Å². The normalized spacial score (nSPS) is 9.67. The van der Waals surface area contributed by atoms with Gasteiger partial charge in [0, 0.05) is 0 Å². The van der Waals surface area contributed by atoms with E-state index in [1.807, 2.05) is 0 Å². The lowest BCUT2D eigenvalue weighted by Crippen LogP contribution is -2.01. The van der Waals surface area contributed by atoms with E-state index in [2.05, 4.69) is 9.47 Å². The first kappa shape index (κ1) is 10.3. The standard InChI is InChI=1S/C6H8O6/c7-5(8)11-3-1-2-4-12-6(9)10/h1-2H,3-4H2,(H,7,8)(H,9,10). The molecule has 0 saturated carbocycles. The van der Waals surface area contributed by atoms with Crippen LogP contribution in [0.15, 0.2) is 12.2 Å². The molecule has 0 rings (SSSR count). The van der Waals surface area contributed by atoms with Gasteiger partial charge in [-0.05, 0) is 12.2 Å². The van der Waals surface area contributed by atoms with Crippen LogP contribution < -0.4 is 0 Å². The van der Waals surface area contributed by atoms with Gasteiger partial charge < -0.3 is 19.7 Å². The Morgan fingerprint density at radius 1 is 1.00 bits per heavy atom. The number of carboxylic acid groups (broad SMARTS) is 2. The van der Waals surface area contributed by atoms with Gasteiger partial charge in [-0.15, -0.1) is 0 Å². The van der Waals surface area contributed by atoms with Gasteiger partial charge in [0.1, 0.15) is 13.2 Å². The van der Waals surface area contributed by atoms with Crippen LogP contribution in [0.2, 0.25) is 0 Å². The molecule has 6 heteroatoms. The summed E-state index contributed by atoms with van der Waals surface area (Å²) < 4.78 is 8.15. The van der Waals surface area contributed by atoms with Crippen LogP contribution in [0.4, 0.5) is 9.59 Å². The molecule has 0 aliphatic carbocycles. The molecule has 0 unspecified atom stereocenters. The number of hydrogen-bond acceptors (Lipinski definition) is 4. The van der Waals surface area contributed by atoms with E-state index in [1.54, 1.807) is 0 Å². The van der Waals surface area contributed by atoms with E-state index in [0.717, 1.165) is 0 Å². The van der Waals surface area contributed by atoms with Crippen LogP contribution in [0.1, 0.15) is 0 Å². The largest absolute Gasteiger partial charge is 0.506 e. The van der Waals surface area contributed by atoms with Gasteiger partial charge in [0.05, 0.1) is 0 Å². The highest BCUT2D eigenvalue weighted by atomic mass is 16.7. The van der Waals surface area contributed by atoms with E-state index in [9.17, 15) is 9.59 Å². The maximum Gasteiger partial charge on any atom is 0.506 e. The average Bonchev–Trinajstić information content (AvgIpc) is 1.95. The maximum absolute atomic E-state index is 9.76. The Hall–Kier alpha value is -1.72.